The second-order valence-corrected chi connectivity index (χ2v) is 7.52. The maximum atomic E-state index is 2.39. The van der Waals surface area contributed by atoms with Crippen LogP contribution in [0.25, 0.3) is 20.4 Å². The van der Waals surface area contributed by atoms with E-state index in [0.29, 0.717) is 14.5 Å². The SMILES string of the molecule is c1ccc2[se]c(Cc3cccc4ccccc34)cc2c1. The van der Waals surface area contributed by atoms with Gasteiger partial charge in [-0.15, -0.1) is 0 Å². The van der Waals surface area contributed by atoms with E-state index in [1.165, 1.54) is 26.0 Å². The molecular formula is C19H14Se. The van der Waals surface area contributed by atoms with E-state index in [9.17, 15) is 0 Å². The number of rotatable bonds is 2. The molecule has 0 aliphatic carbocycles. The van der Waals surface area contributed by atoms with Gasteiger partial charge >= 0.3 is 124 Å². The molecular weight excluding hydrogens is 307 g/mol. The van der Waals surface area contributed by atoms with Crippen LogP contribution in [0.2, 0.25) is 0 Å². The van der Waals surface area contributed by atoms with Crippen molar-refractivity contribution in [3.8, 4) is 0 Å². The standard InChI is InChI=1S/C19H14Se/c1-3-10-18-14(6-1)8-5-9-15(18)12-17-13-16-7-2-4-11-19(16)20-17/h1-11,13H,12H2. The second-order valence-electron chi connectivity index (χ2n) is 5.07. The first-order valence-corrected chi connectivity index (χ1v) is 8.55. The summed E-state index contributed by atoms with van der Waals surface area (Å²) < 4.78 is 3.10. The third-order valence-corrected chi connectivity index (χ3v) is 6.06. The van der Waals surface area contributed by atoms with Crippen LogP contribution in [0.4, 0.5) is 0 Å². The van der Waals surface area contributed by atoms with Gasteiger partial charge in [-0.2, -0.15) is 0 Å². The van der Waals surface area contributed by atoms with Gasteiger partial charge in [0.2, 0.25) is 0 Å². The topological polar surface area (TPSA) is 0 Å². The van der Waals surface area contributed by atoms with Crippen LogP contribution in [-0.4, -0.2) is 14.5 Å². The van der Waals surface area contributed by atoms with Gasteiger partial charge in [0, 0.05) is 0 Å². The Balaban J connectivity index is 1.80. The Kier molecular flexibility index (Phi) is 2.95. The minimum absolute atomic E-state index is 0.494. The summed E-state index contributed by atoms with van der Waals surface area (Å²) in [5.74, 6) is 0. The van der Waals surface area contributed by atoms with E-state index in [1.54, 1.807) is 4.44 Å². The zero-order valence-corrected chi connectivity index (χ0v) is 12.8. The van der Waals surface area contributed by atoms with Gasteiger partial charge in [-0.1, -0.05) is 0 Å². The summed E-state index contributed by atoms with van der Waals surface area (Å²) in [6.45, 7) is 0. The zero-order valence-electron chi connectivity index (χ0n) is 11.0. The molecule has 0 saturated carbocycles. The van der Waals surface area contributed by atoms with Crippen molar-refractivity contribution in [2.24, 2.45) is 0 Å². The molecule has 0 unspecified atom stereocenters. The molecule has 1 heterocycles. The van der Waals surface area contributed by atoms with Crippen molar-refractivity contribution in [1.82, 2.24) is 0 Å². The predicted molar refractivity (Wildman–Crippen MR) is 87.6 cm³/mol. The van der Waals surface area contributed by atoms with Gasteiger partial charge in [-0.3, -0.25) is 0 Å². The Bertz CT molecular complexity index is 848. The molecule has 0 amide bonds. The van der Waals surface area contributed by atoms with Crippen LogP contribution in [0.15, 0.2) is 72.8 Å². The minimum atomic E-state index is 0.494. The van der Waals surface area contributed by atoms with Crippen LogP contribution >= 0.6 is 0 Å². The molecule has 0 aliphatic rings. The average molecular weight is 321 g/mol. The van der Waals surface area contributed by atoms with E-state index in [2.05, 4.69) is 72.8 Å². The van der Waals surface area contributed by atoms with Gasteiger partial charge in [0.15, 0.2) is 0 Å². The summed E-state index contributed by atoms with van der Waals surface area (Å²) in [4.78, 5) is 0. The fraction of sp³-hybridized carbons (Fsp3) is 0.0526. The van der Waals surface area contributed by atoms with Gasteiger partial charge in [0.1, 0.15) is 0 Å². The number of benzene rings is 3. The molecule has 0 radical (unpaired) electrons. The zero-order chi connectivity index (χ0) is 13.4. The van der Waals surface area contributed by atoms with E-state index in [-0.39, 0.29) is 0 Å². The van der Waals surface area contributed by atoms with Crippen molar-refractivity contribution < 1.29 is 0 Å². The molecule has 0 aliphatic heterocycles. The number of hydrogen-bond donors (Lipinski definition) is 0. The quantitative estimate of drug-likeness (QED) is 0.472. The van der Waals surface area contributed by atoms with Crippen LogP contribution in [0, 0.1) is 0 Å². The van der Waals surface area contributed by atoms with Crippen LogP contribution in [-0.2, 0) is 6.42 Å². The van der Waals surface area contributed by atoms with Crippen LogP contribution < -0.4 is 0 Å². The molecule has 0 N–H and O–H groups in total. The summed E-state index contributed by atoms with van der Waals surface area (Å²) >= 11 is 0.494. The molecule has 0 nitrogen and oxygen atoms in total. The van der Waals surface area contributed by atoms with E-state index < -0.39 is 0 Å². The third-order valence-electron chi connectivity index (χ3n) is 3.72. The molecule has 4 rings (SSSR count). The monoisotopic (exact) mass is 322 g/mol. The summed E-state index contributed by atoms with van der Waals surface area (Å²) in [5.41, 5.74) is 1.45. The van der Waals surface area contributed by atoms with Gasteiger partial charge < -0.3 is 0 Å². The molecule has 1 aromatic heterocycles. The fourth-order valence-electron chi connectivity index (χ4n) is 2.76. The van der Waals surface area contributed by atoms with Gasteiger partial charge in [0.05, 0.1) is 0 Å². The van der Waals surface area contributed by atoms with Crippen molar-refractivity contribution in [2.45, 2.75) is 6.42 Å². The Morgan fingerprint density at radius 2 is 1.45 bits per heavy atom. The second kappa shape index (κ2) is 4.94. The third kappa shape index (κ3) is 2.10. The van der Waals surface area contributed by atoms with Crippen molar-refractivity contribution in [2.75, 3.05) is 0 Å². The Labute approximate surface area is 124 Å². The van der Waals surface area contributed by atoms with Crippen LogP contribution in [0.1, 0.15) is 10.0 Å². The summed E-state index contributed by atoms with van der Waals surface area (Å²) in [6.07, 6.45) is 1.08. The molecule has 0 bridgehead atoms. The molecule has 20 heavy (non-hydrogen) atoms. The van der Waals surface area contributed by atoms with Crippen molar-refractivity contribution >= 4 is 34.9 Å². The maximum absolute atomic E-state index is 2.39. The summed E-state index contributed by atoms with van der Waals surface area (Å²) in [7, 11) is 0. The van der Waals surface area contributed by atoms with Crippen molar-refractivity contribution in [1.29, 1.82) is 0 Å². The summed E-state index contributed by atoms with van der Waals surface area (Å²) in [6, 6.07) is 26.5. The Morgan fingerprint density at radius 1 is 0.700 bits per heavy atom. The molecule has 96 valence electrons. The summed E-state index contributed by atoms with van der Waals surface area (Å²) in [5, 5.41) is 4.15. The molecule has 4 aromatic rings. The molecule has 0 spiro atoms. The molecule has 3 aromatic carbocycles. The normalized spacial score (nSPS) is 11.2. The first-order chi connectivity index (χ1) is 9.90. The molecule has 0 fully saturated rings. The number of fused-ring (bicyclic) bond motifs is 2. The molecule has 1 heteroatoms. The van der Waals surface area contributed by atoms with Crippen molar-refractivity contribution in [3.05, 3.63) is 82.8 Å². The van der Waals surface area contributed by atoms with Crippen molar-refractivity contribution in [3.63, 3.8) is 0 Å². The van der Waals surface area contributed by atoms with E-state index >= 15 is 0 Å². The average Bonchev–Trinajstić information content (AvgIpc) is 2.90. The van der Waals surface area contributed by atoms with Gasteiger partial charge in [-0.05, 0) is 0 Å². The number of hydrogen-bond acceptors (Lipinski definition) is 0. The predicted octanol–water partition coefficient (Wildman–Crippen LogP) is 4.64. The molecule has 0 saturated heterocycles. The first-order valence-electron chi connectivity index (χ1n) is 6.84. The van der Waals surface area contributed by atoms with E-state index in [4.69, 9.17) is 0 Å². The molecule has 0 atom stereocenters. The van der Waals surface area contributed by atoms with E-state index in [1.807, 2.05) is 0 Å². The van der Waals surface area contributed by atoms with Gasteiger partial charge in [-0.25, -0.2) is 0 Å². The Hall–Kier alpha value is -1.82. The Morgan fingerprint density at radius 3 is 2.35 bits per heavy atom. The van der Waals surface area contributed by atoms with E-state index in [0.717, 1.165) is 6.42 Å². The van der Waals surface area contributed by atoms with Crippen LogP contribution in [0.5, 0.6) is 0 Å². The van der Waals surface area contributed by atoms with Crippen LogP contribution in [0.3, 0.4) is 0 Å². The fourth-order valence-corrected chi connectivity index (χ4v) is 5.04. The van der Waals surface area contributed by atoms with Gasteiger partial charge in [0.25, 0.3) is 0 Å². The first kappa shape index (κ1) is 12.0.